The van der Waals surface area contributed by atoms with Gasteiger partial charge in [0, 0.05) is 5.56 Å². The highest BCUT2D eigenvalue weighted by atomic mass is 79.9. The van der Waals surface area contributed by atoms with Crippen molar-refractivity contribution in [2.45, 2.75) is 27.1 Å². The van der Waals surface area contributed by atoms with Crippen LogP contribution in [0, 0.1) is 5.82 Å². The number of carbonyl (C=O) groups is 1. The van der Waals surface area contributed by atoms with Crippen LogP contribution in [-0.2, 0) is 13.2 Å². The molecule has 1 amide bonds. The Bertz CT molecular complexity index is 1480. The van der Waals surface area contributed by atoms with Crippen molar-refractivity contribution in [2.75, 3.05) is 13.2 Å². The first-order chi connectivity index (χ1) is 20.0. The Morgan fingerprint density at radius 2 is 1.49 bits per heavy atom. The molecule has 4 aromatic rings. The molecule has 4 aromatic carbocycles. The van der Waals surface area contributed by atoms with E-state index >= 15 is 0 Å². The first-order valence-corrected chi connectivity index (χ1v) is 13.9. The lowest BCUT2D eigenvalue weighted by Crippen LogP contribution is -2.17. The van der Waals surface area contributed by atoms with E-state index in [0.29, 0.717) is 58.4 Å². The molecule has 4 rings (SSSR count). The van der Waals surface area contributed by atoms with Crippen LogP contribution in [0.4, 0.5) is 4.39 Å². The van der Waals surface area contributed by atoms with Crippen molar-refractivity contribution < 1.29 is 28.1 Å². The Balaban J connectivity index is 1.42. The van der Waals surface area contributed by atoms with Gasteiger partial charge in [-0.15, -0.1) is 0 Å². The number of hydrogen-bond acceptors (Lipinski definition) is 6. The summed E-state index contributed by atoms with van der Waals surface area (Å²) in [5.74, 6) is 1.33. The van der Waals surface area contributed by atoms with Crippen molar-refractivity contribution in [1.29, 1.82) is 0 Å². The molecule has 7 nitrogen and oxygen atoms in total. The monoisotopic (exact) mass is 620 g/mol. The first kappa shape index (κ1) is 29.6. The van der Waals surface area contributed by atoms with Gasteiger partial charge in [-0.3, -0.25) is 4.79 Å². The largest absolute Gasteiger partial charge is 0.490 e. The summed E-state index contributed by atoms with van der Waals surface area (Å²) in [5, 5.41) is 4.12. The summed E-state index contributed by atoms with van der Waals surface area (Å²) in [6, 6.07) is 24.5. The SMILES string of the molecule is CCOc1cc(C(=O)N/N=C/c2cc(Br)c(OCc3ccc(F)cc3)c(OCC)c2)ccc1OCc1ccccc1. The quantitative estimate of drug-likeness (QED) is 0.125. The van der Waals surface area contributed by atoms with Gasteiger partial charge in [0.1, 0.15) is 19.0 Å². The minimum atomic E-state index is -0.403. The number of amides is 1. The van der Waals surface area contributed by atoms with E-state index < -0.39 is 5.91 Å². The number of hydrazone groups is 1. The maximum atomic E-state index is 13.2. The molecule has 0 spiro atoms. The number of halogens is 2. The molecule has 0 aliphatic carbocycles. The summed E-state index contributed by atoms with van der Waals surface area (Å²) < 4.78 is 37.2. The second-order valence-electron chi connectivity index (χ2n) is 8.75. The highest BCUT2D eigenvalue weighted by Gasteiger charge is 2.14. The second-order valence-corrected chi connectivity index (χ2v) is 9.60. The molecule has 0 aliphatic heterocycles. The van der Waals surface area contributed by atoms with Crippen LogP contribution in [0.5, 0.6) is 23.0 Å². The highest BCUT2D eigenvalue weighted by molar-refractivity contribution is 9.10. The third-order valence-corrected chi connectivity index (χ3v) is 6.34. The number of benzene rings is 4. The predicted molar refractivity (Wildman–Crippen MR) is 159 cm³/mol. The van der Waals surface area contributed by atoms with E-state index in [1.165, 1.54) is 18.3 Å². The molecule has 0 bridgehead atoms. The highest BCUT2D eigenvalue weighted by Crippen LogP contribution is 2.37. The molecular formula is C32H30BrFN2O5. The van der Waals surface area contributed by atoms with E-state index in [0.717, 1.165) is 11.1 Å². The van der Waals surface area contributed by atoms with Crippen molar-refractivity contribution in [3.05, 3.63) is 117 Å². The topological polar surface area (TPSA) is 78.4 Å². The molecule has 9 heteroatoms. The number of hydrogen-bond donors (Lipinski definition) is 1. The molecule has 0 fully saturated rings. The summed E-state index contributed by atoms with van der Waals surface area (Å²) >= 11 is 3.53. The van der Waals surface area contributed by atoms with Crippen molar-refractivity contribution in [2.24, 2.45) is 5.10 Å². The fourth-order valence-corrected chi connectivity index (χ4v) is 4.38. The molecule has 0 unspecified atom stereocenters. The van der Waals surface area contributed by atoms with Crippen LogP contribution in [-0.4, -0.2) is 25.3 Å². The molecule has 0 saturated carbocycles. The molecule has 212 valence electrons. The molecule has 0 aliphatic rings. The smallest absolute Gasteiger partial charge is 0.271 e. The molecule has 0 radical (unpaired) electrons. The van der Waals surface area contributed by atoms with E-state index in [-0.39, 0.29) is 12.4 Å². The molecule has 0 heterocycles. The zero-order valence-electron chi connectivity index (χ0n) is 22.7. The number of rotatable bonds is 13. The number of carbonyl (C=O) groups excluding carboxylic acids is 1. The van der Waals surface area contributed by atoms with Crippen LogP contribution in [0.1, 0.15) is 40.9 Å². The zero-order chi connectivity index (χ0) is 29.0. The van der Waals surface area contributed by atoms with Gasteiger partial charge < -0.3 is 18.9 Å². The van der Waals surface area contributed by atoms with Gasteiger partial charge in [-0.1, -0.05) is 42.5 Å². The van der Waals surface area contributed by atoms with Crippen LogP contribution >= 0.6 is 15.9 Å². The fourth-order valence-electron chi connectivity index (χ4n) is 3.80. The van der Waals surface area contributed by atoms with Crippen LogP contribution in [0.25, 0.3) is 0 Å². The molecule has 41 heavy (non-hydrogen) atoms. The molecule has 0 saturated heterocycles. The van der Waals surface area contributed by atoms with Gasteiger partial charge in [0.15, 0.2) is 23.0 Å². The lowest BCUT2D eigenvalue weighted by atomic mass is 10.2. The summed E-state index contributed by atoms with van der Waals surface area (Å²) in [4.78, 5) is 12.8. The second kappa shape index (κ2) is 14.9. The summed E-state index contributed by atoms with van der Waals surface area (Å²) in [7, 11) is 0. The summed E-state index contributed by atoms with van der Waals surface area (Å²) in [6.07, 6.45) is 1.51. The van der Waals surface area contributed by atoms with Gasteiger partial charge in [0.25, 0.3) is 5.91 Å². The Labute approximate surface area is 247 Å². The van der Waals surface area contributed by atoms with Gasteiger partial charge in [-0.2, -0.15) is 5.10 Å². The van der Waals surface area contributed by atoms with Crippen LogP contribution in [0.3, 0.4) is 0 Å². The van der Waals surface area contributed by atoms with Gasteiger partial charge in [-0.05, 0) is 88.9 Å². The lowest BCUT2D eigenvalue weighted by molar-refractivity contribution is 0.0954. The maximum Gasteiger partial charge on any atom is 0.271 e. The van der Waals surface area contributed by atoms with Crippen LogP contribution in [0.15, 0.2) is 94.5 Å². The van der Waals surface area contributed by atoms with Crippen molar-refractivity contribution in [3.8, 4) is 23.0 Å². The third kappa shape index (κ3) is 8.56. The molecular weight excluding hydrogens is 591 g/mol. The van der Waals surface area contributed by atoms with Gasteiger partial charge >= 0.3 is 0 Å². The maximum absolute atomic E-state index is 13.2. The molecule has 0 aromatic heterocycles. The Kier molecular flexibility index (Phi) is 10.7. The summed E-state index contributed by atoms with van der Waals surface area (Å²) in [5.41, 5.74) is 5.44. The fraction of sp³-hybridized carbons (Fsp3) is 0.188. The van der Waals surface area contributed by atoms with E-state index in [2.05, 4.69) is 26.5 Å². The van der Waals surface area contributed by atoms with Gasteiger partial charge in [0.05, 0.1) is 23.9 Å². The molecule has 0 atom stereocenters. The first-order valence-electron chi connectivity index (χ1n) is 13.1. The Morgan fingerprint density at radius 1 is 0.805 bits per heavy atom. The minimum absolute atomic E-state index is 0.238. The summed E-state index contributed by atoms with van der Waals surface area (Å²) in [6.45, 7) is 5.20. The van der Waals surface area contributed by atoms with E-state index in [1.54, 1.807) is 42.5 Å². The molecule has 1 N–H and O–H groups in total. The van der Waals surface area contributed by atoms with E-state index in [9.17, 15) is 9.18 Å². The number of nitrogens with zero attached hydrogens (tertiary/aromatic N) is 1. The minimum Gasteiger partial charge on any atom is -0.490 e. The van der Waals surface area contributed by atoms with Crippen molar-refractivity contribution >= 4 is 28.1 Å². The zero-order valence-corrected chi connectivity index (χ0v) is 24.3. The Hall–Kier alpha value is -4.37. The van der Waals surface area contributed by atoms with Gasteiger partial charge in [0.2, 0.25) is 0 Å². The lowest BCUT2D eigenvalue weighted by Gasteiger charge is -2.15. The average Bonchev–Trinajstić information content (AvgIpc) is 2.98. The number of ether oxygens (including phenoxy) is 4. The normalized spacial score (nSPS) is 10.8. The van der Waals surface area contributed by atoms with Crippen molar-refractivity contribution in [3.63, 3.8) is 0 Å². The predicted octanol–water partition coefficient (Wildman–Crippen LogP) is 7.31. The van der Waals surface area contributed by atoms with Gasteiger partial charge in [-0.25, -0.2) is 9.82 Å². The third-order valence-electron chi connectivity index (χ3n) is 5.75. The van der Waals surface area contributed by atoms with Crippen molar-refractivity contribution in [1.82, 2.24) is 5.43 Å². The van der Waals surface area contributed by atoms with Crippen LogP contribution < -0.4 is 24.4 Å². The number of nitrogens with one attached hydrogen (secondary N) is 1. The standard InChI is InChI=1S/C32H30BrFN2O5/c1-3-38-29-18-25(12-15-28(29)40-20-22-8-6-5-7-9-22)32(37)36-35-19-24-16-27(33)31(30(17-24)39-4-2)41-21-23-10-13-26(34)14-11-23/h5-19H,3-4,20-21H2,1-2H3,(H,36,37)/b35-19+. The van der Waals surface area contributed by atoms with E-state index in [4.69, 9.17) is 18.9 Å². The average molecular weight is 622 g/mol. The van der Waals surface area contributed by atoms with E-state index in [1.807, 2.05) is 44.2 Å². The van der Waals surface area contributed by atoms with Crippen LogP contribution in [0.2, 0.25) is 0 Å². The Morgan fingerprint density at radius 3 is 2.22 bits per heavy atom.